The number of para-hydroxylation sites is 1. The molecule has 0 aliphatic carbocycles. The molecular weight excluding hydrogens is 402 g/mol. The number of benzene rings is 3. The first kappa shape index (κ1) is 17.2. The average molecular weight is 418 g/mol. The molecule has 4 aromatic rings. The summed E-state index contributed by atoms with van der Waals surface area (Å²) in [4.78, 5) is 4.60. The highest BCUT2D eigenvalue weighted by Crippen LogP contribution is 2.27. The van der Waals surface area contributed by atoms with Crippen molar-refractivity contribution in [3.63, 3.8) is 0 Å². The second kappa shape index (κ2) is 7.60. The molecule has 1 aromatic heterocycles. The first-order valence-electron chi connectivity index (χ1n) is 8.44. The van der Waals surface area contributed by atoms with E-state index in [0.29, 0.717) is 11.4 Å². The lowest BCUT2D eigenvalue weighted by atomic mass is 10.1. The monoisotopic (exact) mass is 417 g/mol. The van der Waals surface area contributed by atoms with Crippen LogP contribution in [0.1, 0.15) is 5.56 Å². The Hall–Kier alpha value is -3.18. The number of aromatic nitrogens is 2. The second-order valence-corrected chi connectivity index (χ2v) is 6.88. The molecule has 1 heterocycles. The van der Waals surface area contributed by atoms with Crippen molar-refractivity contribution in [1.82, 2.24) is 9.78 Å². The summed E-state index contributed by atoms with van der Waals surface area (Å²) in [5.41, 5.74) is 3.41. The maximum absolute atomic E-state index is 10.0. The van der Waals surface area contributed by atoms with E-state index >= 15 is 0 Å². The van der Waals surface area contributed by atoms with Crippen LogP contribution in [0.2, 0.25) is 0 Å². The normalized spacial score (nSPS) is 11.1. The zero-order chi connectivity index (χ0) is 18.6. The number of rotatable bonds is 4. The van der Waals surface area contributed by atoms with Gasteiger partial charge in [-0.3, -0.25) is 0 Å². The van der Waals surface area contributed by atoms with Crippen molar-refractivity contribution in [1.29, 1.82) is 0 Å². The predicted octanol–water partition coefficient (Wildman–Crippen LogP) is 5.76. The van der Waals surface area contributed by atoms with Crippen molar-refractivity contribution in [2.75, 3.05) is 0 Å². The Morgan fingerprint density at radius 3 is 2.33 bits per heavy atom. The fourth-order valence-corrected chi connectivity index (χ4v) is 3.12. The number of aliphatic imine (C=N–C) groups is 1. The van der Waals surface area contributed by atoms with E-state index in [1.807, 2.05) is 72.8 Å². The van der Waals surface area contributed by atoms with E-state index in [1.165, 1.54) is 0 Å². The van der Waals surface area contributed by atoms with Crippen LogP contribution in [0.4, 0.5) is 5.82 Å². The van der Waals surface area contributed by atoms with Crippen LogP contribution in [0.15, 0.2) is 94.4 Å². The third kappa shape index (κ3) is 3.83. The van der Waals surface area contributed by atoms with Crippen molar-refractivity contribution in [3.05, 3.63) is 95.0 Å². The minimum Gasteiger partial charge on any atom is -0.507 e. The zero-order valence-corrected chi connectivity index (χ0v) is 15.9. The van der Waals surface area contributed by atoms with Crippen LogP contribution in [0.25, 0.3) is 16.9 Å². The number of nitrogens with zero attached hydrogens (tertiary/aromatic N) is 3. The molecule has 0 saturated carbocycles. The van der Waals surface area contributed by atoms with Crippen molar-refractivity contribution in [2.24, 2.45) is 4.99 Å². The van der Waals surface area contributed by atoms with Crippen LogP contribution in [-0.4, -0.2) is 21.1 Å². The highest BCUT2D eigenvalue weighted by Gasteiger charge is 2.10. The van der Waals surface area contributed by atoms with Gasteiger partial charge < -0.3 is 5.11 Å². The van der Waals surface area contributed by atoms with Crippen LogP contribution in [-0.2, 0) is 0 Å². The van der Waals surface area contributed by atoms with Gasteiger partial charge in [-0.15, -0.1) is 0 Å². The highest BCUT2D eigenvalue weighted by molar-refractivity contribution is 9.10. The summed E-state index contributed by atoms with van der Waals surface area (Å²) in [5.74, 6) is 0.857. The van der Waals surface area contributed by atoms with Gasteiger partial charge >= 0.3 is 0 Å². The molecule has 0 bridgehead atoms. The van der Waals surface area contributed by atoms with E-state index in [0.717, 1.165) is 21.4 Å². The van der Waals surface area contributed by atoms with Gasteiger partial charge in [-0.1, -0.05) is 64.5 Å². The Labute approximate surface area is 165 Å². The van der Waals surface area contributed by atoms with Gasteiger partial charge in [0.1, 0.15) is 5.75 Å². The molecule has 1 N–H and O–H groups in total. The van der Waals surface area contributed by atoms with E-state index in [2.05, 4.69) is 20.9 Å². The van der Waals surface area contributed by atoms with Gasteiger partial charge in [0.2, 0.25) is 0 Å². The number of phenols is 1. The molecule has 0 spiro atoms. The highest BCUT2D eigenvalue weighted by atomic mass is 79.9. The summed E-state index contributed by atoms with van der Waals surface area (Å²) in [6.07, 6.45) is 1.64. The molecule has 0 radical (unpaired) electrons. The Bertz CT molecular complexity index is 1090. The number of halogens is 1. The minimum atomic E-state index is 0.177. The van der Waals surface area contributed by atoms with Crippen molar-refractivity contribution in [3.8, 4) is 22.7 Å². The summed E-state index contributed by atoms with van der Waals surface area (Å²) in [5, 5.41) is 14.8. The lowest BCUT2D eigenvalue weighted by molar-refractivity contribution is 0.474. The second-order valence-electron chi connectivity index (χ2n) is 5.96. The molecule has 0 saturated heterocycles. The molecule has 0 aliphatic heterocycles. The lowest BCUT2D eigenvalue weighted by Crippen LogP contribution is -1.96. The Kier molecular flexibility index (Phi) is 4.85. The van der Waals surface area contributed by atoms with Crippen LogP contribution >= 0.6 is 15.9 Å². The number of hydrogen-bond donors (Lipinski definition) is 1. The molecule has 0 amide bonds. The summed E-state index contributed by atoms with van der Waals surface area (Å²) >= 11 is 3.42. The first-order chi connectivity index (χ1) is 13.2. The van der Waals surface area contributed by atoms with Crippen molar-refractivity contribution in [2.45, 2.75) is 0 Å². The number of hydrogen-bond acceptors (Lipinski definition) is 3. The fraction of sp³-hybridized carbons (Fsp3) is 0. The van der Waals surface area contributed by atoms with Gasteiger partial charge in [-0.2, -0.15) is 5.10 Å². The molecule has 4 rings (SSSR count). The molecule has 132 valence electrons. The molecular formula is C22H16BrN3O. The maximum atomic E-state index is 10.0. The van der Waals surface area contributed by atoms with E-state index in [-0.39, 0.29) is 5.75 Å². The lowest BCUT2D eigenvalue weighted by Gasteiger charge is -2.04. The van der Waals surface area contributed by atoms with E-state index < -0.39 is 0 Å². The topological polar surface area (TPSA) is 50.4 Å². The quantitative estimate of drug-likeness (QED) is 0.429. The smallest absolute Gasteiger partial charge is 0.156 e. The fourth-order valence-electron chi connectivity index (χ4n) is 2.74. The predicted molar refractivity (Wildman–Crippen MR) is 112 cm³/mol. The summed E-state index contributed by atoms with van der Waals surface area (Å²) in [6.45, 7) is 0. The van der Waals surface area contributed by atoms with Crippen LogP contribution in [0, 0.1) is 0 Å². The largest absolute Gasteiger partial charge is 0.507 e. The van der Waals surface area contributed by atoms with E-state index in [4.69, 9.17) is 5.10 Å². The molecule has 5 heteroatoms. The number of aromatic hydroxyl groups is 1. The Morgan fingerprint density at radius 1 is 0.889 bits per heavy atom. The first-order valence-corrected chi connectivity index (χ1v) is 9.23. The van der Waals surface area contributed by atoms with Gasteiger partial charge in [-0.05, 0) is 30.3 Å². The third-order valence-corrected chi connectivity index (χ3v) is 4.58. The molecule has 4 nitrogen and oxygen atoms in total. The van der Waals surface area contributed by atoms with Crippen molar-refractivity contribution < 1.29 is 5.11 Å². The van der Waals surface area contributed by atoms with Gasteiger partial charge in [-0.25, -0.2) is 9.67 Å². The van der Waals surface area contributed by atoms with E-state index in [9.17, 15) is 5.11 Å². The van der Waals surface area contributed by atoms with Gasteiger partial charge in [0.05, 0.1) is 11.4 Å². The summed E-state index contributed by atoms with van der Waals surface area (Å²) in [6, 6.07) is 27.0. The molecule has 0 atom stereocenters. The van der Waals surface area contributed by atoms with Gasteiger partial charge in [0, 0.05) is 27.9 Å². The van der Waals surface area contributed by atoms with Crippen molar-refractivity contribution >= 4 is 28.0 Å². The zero-order valence-electron chi connectivity index (χ0n) is 14.3. The molecule has 3 aromatic carbocycles. The number of phenolic OH excluding ortho intramolecular Hbond substituents is 1. The van der Waals surface area contributed by atoms with Gasteiger partial charge in [0.15, 0.2) is 5.82 Å². The minimum absolute atomic E-state index is 0.177. The summed E-state index contributed by atoms with van der Waals surface area (Å²) in [7, 11) is 0. The standard InChI is InChI=1S/C22H16BrN3O/c23-18-11-12-21(27)17(13-18)15-24-22-14-20(16-7-3-1-4-8-16)25-26(22)19-9-5-2-6-10-19/h1-15,27H. The molecule has 0 fully saturated rings. The van der Waals surface area contributed by atoms with Crippen LogP contribution in [0.5, 0.6) is 5.75 Å². The Morgan fingerprint density at radius 2 is 1.59 bits per heavy atom. The molecule has 27 heavy (non-hydrogen) atoms. The Balaban J connectivity index is 1.80. The maximum Gasteiger partial charge on any atom is 0.156 e. The molecule has 0 aliphatic rings. The SMILES string of the molecule is Oc1ccc(Br)cc1C=Nc1cc(-c2ccccc2)nn1-c1ccccc1. The third-order valence-electron chi connectivity index (χ3n) is 4.09. The van der Waals surface area contributed by atoms with Crippen LogP contribution in [0.3, 0.4) is 0 Å². The van der Waals surface area contributed by atoms with E-state index in [1.54, 1.807) is 23.0 Å². The molecule has 0 unspecified atom stereocenters. The summed E-state index contributed by atoms with van der Waals surface area (Å²) < 4.78 is 2.68. The average Bonchev–Trinajstić information content (AvgIpc) is 3.14. The van der Waals surface area contributed by atoms with Gasteiger partial charge in [0.25, 0.3) is 0 Å². The van der Waals surface area contributed by atoms with Crippen LogP contribution < -0.4 is 0 Å².